The summed E-state index contributed by atoms with van der Waals surface area (Å²) in [6.45, 7) is 8.87. The zero-order valence-corrected chi connectivity index (χ0v) is 17.3. The molecule has 0 aliphatic heterocycles. The van der Waals surface area contributed by atoms with Crippen molar-refractivity contribution in [1.82, 2.24) is 14.5 Å². The van der Waals surface area contributed by atoms with Crippen molar-refractivity contribution >= 4 is 33.1 Å². The molecule has 0 radical (unpaired) electrons. The van der Waals surface area contributed by atoms with Gasteiger partial charge in [-0.15, -0.1) is 11.3 Å². The number of carbonyl (C=O) groups is 2. The zero-order chi connectivity index (χ0) is 19.7. The van der Waals surface area contributed by atoms with Crippen molar-refractivity contribution in [3.8, 4) is 0 Å². The van der Waals surface area contributed by atoms with Crippen LogP contribution < -0.4 is 5.56 Å². The summed E-state index contributed by atoms with van der Waals surface area (Å²) in [5, 5.41) is 0.616. The summed E-state index contributed by atoms with van der Waals surface area (Å²) in [6.07, 6.45) is 4.03. The van der Waals surface area contributed by atoms with E-state index in [0.29, 0.717) is 17.8 Å². The largest absolute Gasteiger partial charge is 0.297 e. The molecular weight excluding hydrogens is 362 g/mol. The molecular formula is C20H27N3O3S. The molecule has 0 aromatic carbocycles. The van der Waals surface area contributed by atoms with Gasteiger partial charge in [-0.25, -0.2) is 4.98 Å². The molecule has 3 rings (SSSR count). The van der Waals surface area contributed by atoms with Crippen molar-refractivity contribution in [2.45, 2.75) is 66.0 Å². The molecule has 0 saturated heterocycles. The third kappa shape index (κ3) is 3.62. The minimum absolute atomic E-state index is 0.239. The summed E-state index contributed by atoms with van der Waals surface area (Å²) in [7, 11) is 0. The molecule has 2 aromatic rings. The number of aryl methyl sites for hydroxylation is 2. The Bertz CT molecular complexity index is 926. The fourth-order valence-electron chi connectivity index (χ4n) is 3.93. The molecule has 7 heteroatoms. The number of rotatable bonds is 7. The highest BCUT2D eigenvalue weighted by atomic mass is 32.1. The minimum atomic E-state index is -1.10. The monoisotopic (exact) mass is 389 g/mol. The lowest BCUT2D eigenvalue weighted by Gasteiger charge is -2.23. The summed E-state index contributed by atoms with van der Waals surface area (Å²) < 4.78 is 1.37. The highest BCUT2D eigenvalue weighted by Crippen LogP contribution is 2.34. The average molecular weight is 390 g/mol. The van der Waals surface area contributed by atoms with Crippen LogP contribution in [-0.4, -0.2) is 39.1 Å². The van der Waals surface area contributed by atoms with Crippen LogP contribution in [0.4, 0.5) is 0 Å². The van der Waals surface area contributed by atoms with E-state index < -0.39 is 6.04 Å². The van der Waals surface area contributed by atoms with Crippen LogP contribution in [-0.2, 0) is 29.0 Å². The van der Waals surface area contributed by atoms with Crippen molar-refractivity contribution in [3.05, 3.63) is 26.6 Å². The Kier molecular flexibility index (Phi) is 5.91. The molecule has 27 heavy (non-hydrogen) atoms. The first kappa shape index (κ1) is 19.9. The van der Waals surface area contributed by atoms with Gasteiger partial charge >= 0.3 is 0 Å². The van der Waals surface area contributed by atoms with E-state index in [-0.39, 0.29) is 17.1 Å². The SMILES string of the molecule is CCN(CC)Cc1nc2sc3c(c2c(=O)n1C(C(C)=O)C(C)=O)CCCC3. The van der Waals surface area contributed by atoms with Gasteiger partial charge in [0.2, 0.25) is 0 Å². The molecule has 0 bridgehead atoms. The number of thiophene rings is 1. The fraction of sp³-hybridized carbons (Fsp3) is 0.600. The molecule has 0 spiro atoms. The maximum atomic E-state index is 13.5. The number of fused-ring (bicyclic) bond motifs is 3. The Hall–Kier alpha value is -1.86. The first-order valence-electron chi connectivity index (χ1n) is 9.67. The topological polar surface area (TPSA) is 72.3 Å². The first-order valence-corrected chi connectivity index (χ1v) is 10.5. The van der Waals surface area contributed by atoms with Crippen LogP contribution in [0.3, 0.4) is 0 Å². The van der Waals surface area contributed by atoms with Crippen molar-refractivity contribution in [2.75, 3.05) is 13.1 Å². The number of nitrogens with zero attached hydrogens (tertiary/aromatic N) is 3. The Balaban J connectivity index is 2.30. The van der Waals surface area contributed by atoms with Gasteiger partial charge in [-0.1, -0.05) is 13.8 Å². The number of aromatic nitrogens is 2. The van der Waals surface area contributed by atoms with Crippen LogP contribution in [0.2, 0.25) is 0 Å². The summed E-state index contributed by atoms with van der Waals surface area (Å²) in [4.78, 5) is 46.9. The van der Waals surface area contributed by atoms with Crippen molar-refractivity contribution < 1.29 is 9.59 Å². The lowest BCUT2D eigenvalue weighted by molar-refractivity contribution is -0.129. The first-order chi connectivity index (χ1) is 12.9. The molecule has 2 aromatic heterocycles. The predicted octanol–water partition coefficient (Wildman–Crippen LogP) is 2.90. The molecule has 1 aliphatic carbocycles. The second kappa shape index (κ2) is 8.02. The lowest BCUT2D eigenvalue weighted by atomic mass is 9.97. The van der Waals surface area contributed by atoms with Gasteiger partial charge in [0.25, 0.3) is 5.56 Å². The second-order valence-electron chi connectivity index (χ2n) is 7.18. The van der Waals surface area contributed by atoms with Gasteiger partial charge in [-0.05, 0) is 58.2 Å². The molecule has 0 amide bonds. The Labute approximate surface area is 163 Å². The summed E-state index contributed by atoms with van der Waals surface area (Å²) in [5.41, 5.74) is 0.838. The van der Waals surface area contributed by atoms with Crippen LogP contribution in [0.15, 0.2) is 4.79 Å². The summed E-state index contributed by atoms with van der Waals surface area (Å²) in [6, 6.07) is -1.10. The molecule has 0 fully saturated rings. The highest BCUT2D eigenvalue weighted by Gasteiger charge is 2.30. The van der Waals surface area contributed by atoms with E-state index in [2.05, 4.69) is 4.90 Å². The third-order valence-electron chi connectivity index (χ3n) is 5.38. The van der Waals surface area contributed by atoms with Gasteiger partial charge in [-0.3, -0.25) is 23.9 Å². The summed E-state index contributed by atoms with van der Waals surface area (Å²) in [5.74, 6) is -0.142. The number of hydrogen-bond donors (Lipinski definition) is 0. The minimum Gasteiger partial charge on any atom is -0.297 e. The standard InChI is InChI=1S/C20H27N3O3S/c1-5-22(6-2)11-16-21-19-17(14-9-7-8-10-15(14)27-19)20(26)23(16)18(12(3)24)13(4)25/h18H,5-11H2,1-4H3. The predicted molar refractivity (Wildman–Crippen MR) is 108 cm³/mol. The van der Waals surface area contributed by atoms with Crippen molar-refractivity contribution in [2.24, 2.45) is 0 Å². The van der Waals surface area contributed by atoms with Crippen LogP contribution >= 0.6 is 11.3 Å². The van der Waals surface area contributed by atoms with Gasteiger partial charge < -0.3 is 0 Å². The van der Waals surface area contributed by atoms with Gasteiger partial charge in [0.05, 0.1) is 11.9 Å². The van der Waals surface area contributed by atoms with Gasteiger partial charge in [0.1, 0.15) is 10.7 Å². The molecule has 0 atom stereocenters. The number of Topliss-reactive ketones (excluding diaryl/α,β-unsaturated/α-hetero) is 2. The van der Waals surface area contributed by atoms with Gasteiger partial charge in [-0.2, -0.15) is 0 Å². The summed E-state index contributed by atoms with van der Waals surface area (Å²) >= 11 is 1.59. The highest BCUT2D eigenvalue weighted by molar-refractivity contribution is 7.18. The molecule has 0 N–H and O–H groups in total. The normalized spacial score (nSPS) is 14.1. The number of carbonyl (C=O) groups excluding carboxylic acids is 2. The van der Waals surface area contributed by atoms with Gasteiger partial charge in [0.15, 0.2) is 17.6 Å². The van der Waals surface area contributed by atoms with Gasteiger partial charge in [0, 0.05) is 4.88 Å². The van der Waals surface area contributed by atoms with E-state index in [0.717, 1.165) is 49.2 Å². The molecule has 0 unspecified atom stereocenters. The number of hydrogen-bond acceptors (Lipinski definition) is 6. The van der Waals surface area contributed by atoms with E-state index in [4.69, 9.17) is 4.98 Å². The molecule has 0 saturated carbocycles. The van der Waals surface area contributed by atoms with E-state index in [1.807, 2.05) is 13.8 Å². The molecule has 1 aliphatic rings. The quantitative estimate of drug-likeness (QED) is 0.681. The average Bonchev–Trinajstić information content (AvgIpc) is 3.00. The van der Waals surface area contributed by atoms with Crippen molar-refractivity contribution in [1.29, 1.82) is 0 Å². The number of ketones is 2. The van der Waals surface area contributed by atoms with Crippen LogP contribution in [0.5, 0.6) is 0 Å². The smallest absolute Gasteiger partial charge is 0.263 e. The fourth-order valence-corrected chi connectivity index (χ4v) is 5.21. The molecule has 6 nitrogen and oxygen atoms in total. The van der Waals surface area contributed by atoms with E-state index in [1.165, 1.54) is 23.3 Å². The maximum Gasteiger partial charge on any atom is 0.263 e. The van der Waals surface area contributed by atoms with E-state index in [9.17, 15) is 14.4 Å². The van der Waals surface area contributed by atoms with Crippen LogP contribution in [0.1, 0.15) is 62.8 Å². The van der Waals surface area contributed by atoms with E-state index >= 15 is 0 Å². The van der Waals surface area contributed by atoms with Crippen LogP contribution in [0.25, 0.3) is 10.2 Å². The second-order valence-corrected chi connectivity index (χ2v) is 8.26. The Morgan fingerprint density at radius 1 is 1.15 bits per heavy atom. The van der Waals surface area contributed by atoms with E-state index in [1.54, 1.807) is 11.3 Å². The van der Waals surface area contributed by atoms with Crippen molar-refractivity contribution in [3.63, 3.8) is 0 Å². The lowest BCUT2D eigenvalue weighted by Crippen LogP contribution is -2.38. The maximum absolute atomic E-state index is 13.5. The Morgan fingerprint density at radius 2 is 1.78 bits per heavy atom. The van der Waals surface area contributed by atoms with Crippen LogP contribution in [0, 0.1) is 0 Å². The molecule has 2 heterocycles. The Morgan fingerprint density at radius 3 is 2.37 bits per heavy atom. The third-order valence-corrected chi connectivity index (χ3v) is 6.57. The molecule has 146 valence electrons. The zero-order valence-electron chi connectivity index (χ0n) is 16.5.